The lowest BCUT2D eigenvalue weighted by atomic mass is 10.2. The van der Waals surface area contributed by atoms with Crippen LogP contribution in [-0.4, -0.2) is 29.3 Å². The number of nitrogens with one attached hydrogen (secondary N) is 2. The van der Waals surface area contributed by atoms with E-state index in [1.807, 2.05) is 45.0 Å². The first-order chi connectivity index (χ1) is 13.1. The number of aromatic nitrogens is 2. The number of furan rings is 1. The number of benzene rings is 1. The molecular weight excluding hydrogens is 473 g/mol. The summed E-state index contributed by atoms with van der Waals surface area (Å²) in [5.41, 5.74) is 0.757. The van der Waals surface area contributed by atoms with Crippen LogP contribution in [0.2, 0.25) is 0 Å². The van der Waals surface area contributed by atoms with Crippen molar-refractivity contribution in [1.29, 1.82) is 0 Å². The highest BCUT2D eigenvalue weighted by Crippen LogP contribution is 2.31. The molecule has 0 fully saturated rings. The number of aliphatic imine (C=N–C) groups is 1. The first-order valence-corrected chi connectivity index (χ1v) is 9.10. The van der Waals surface area contributed by atoms with Gasteiger partial charge in [0.15, 0.2) is 23.1 Å². The fourth-order valence-electron chi connectivity index (χ4n) is 2.69. The molecule has 0 aliphatic carbocycles. The first-order valence-electron chi connectivity index (χ1n) is 9.10. The van der Waals surface area contributed by atoms with Gasteiger partial charge >= 0.3 is 0 Å². The summed E-state index contributed by atoms with van der Waals surface area (Å²) < 4.78 is 16.7. The number of para-hydroxylation sites is 1. The van der Waals surface area contributed by atoms with E-state index in [2.05, 4.69) is 25.8 Å². The van der Waals surface area contributed by atoms with E-state index in [0.29, 0.717) is 30.8 Å². The second-order valence-electron chi connectivity index (χ2n) is 6.05. The van der Waals surface area contributed by atoms with Crippen LogP contribution in [0.15, 0.2) is 38.2 Å². The summed E-state index contributed by atoms with van der Waals surface area (Å²) in [6, 6.07) is 7.81. The van der Waals surface area contributed by atoms with Gasteiger partial charge in [0, 0.05) is 18.9 Å². The van der Waals surface area contributed by atoms with E-state index in [1.54, 1.807) is 6.92 Å². The van der Waals surface area contributed by atoms with Crippen LogP contribution < -0.4 is 15.4 Å². The van der Waals surface area contributed by atoms with Crippen molar-refractivity contribution in [3.8, 4) is 5.75 Å². The Balaban J connectivity index is 0.00000280. The summed E-state index contributed by atoms with van der Waals surface area (Å²) in [4.78, 5) is 8.67. The SMILES string of the molecule is CCNC(=NCc1noc(C)n1)NC(C)c1cc2cccc(OCC)c2o1.I. The second-order valence-corrected chi connectivity index (χ2v) is 6.05. The van der Waals surface area contributed by atoms with Gasteiger partial charge in [0.2, 0.25) is 5.89 Å². The Morgan fingerprint density at radius 1 is 1.32 bits per heavy atom. The molecule has 0 bridgehead atoms. The van der Waals surface area contributed by atoms with Gasteiger partial charge in [-0.1, -0.05) is 17.3 Å². The highest BCUT2D eigenvalue weighted by atomic mass is 127. The molecule has 2 aromatic heterocycles. The lowest BCUT2D eigenvalue weighted by Crippen LogP contribution is -2.38. The molecule has 0 aliphatic rings. The quantitative estimate of drug-likeness (QED) is 0.289. The molecule has 2 N–H and O–H groups in total. The topological polar surface area (TPSA) is 97.7 Å². The van der Waals surface area contributed by atoms with Gasteiger partial charge in [-0.05, 0) is 32.9 Å². The van der Waals surface area contributed by atoms with Gasteiger partial charge in [-0.3, -0.25) is 0 Å². The molecule has 8 nitrogen and oxygen atoms in total. The number of halogens is 1. The number of aryl methyl sites for hydroxylation is 1. The molecule has 9 heteroatoms. The zero-order chi connectivity index (χ0) is 19.2. The molecule has 0 spiro atoms. The second kappa shape index (κ2) is 10.3. The van der Waals surface area contributed by atoms with Crippen molar-refractivity contribution in [2.75, 3.05) is 13.2 Å². The molecule has 1 atom stereocenters. The number of hydrogen-bond donors (Lipinski definition) is 2. The highest BCUT2D eigenvalue weighted by Gasteiger charge is 2.15. The van der Waals surface area contributed by atoms with Crippen LogP contribution in [0.5, 0.6) is 5.75 Å². The van der Waals surface area contributed by atoms with Crippen molar-refractivity contribution >= 4 is 40.9 Å². The molecular formula is C19H26IN5O3. The molecule has 0 saturated carbocycles. The average molecular weight is 499 g/mol. The average Bonchev–Trinajstić information content (AvgIpc) is 3.27. The fraction of sp³-hybridized carbons (Fsp3) is 0.421. The molecule has 3 aromatic rings. The predicted molar refractivity (Wildman–Crippen MR) is 118 cm³/mol. The molecule has 152 valence electrons. The zero-order valence-corrected chi connectivity index (χ0v) is 18.8. The Labute approximate surface area is 181 Å². The van der Waals surface area contributed by atoms with E-state index >= 15 is 0 Å². The predicted octanol–water partition coefficient (Wildman–Crippen LogP) is 3.96. The number of hydrogen-bond acceptors (Lipinski definition) is 6. The van der Waals surface area contributed by atoms with Crippen LogP contribution in [0.4, 0.5) is 0 Å². The number of rotatable bonds is 7. The molecule has 2 heterocycles. The molecule has 0 radical (unpaired) electrons. The van der Waals surface area contributed by atoms with Gasteiger partial charge in [0.05, 0.1) is 12.6 Å². The van der Waals surface area contributed by atoms with E-state index in [1.165, 1.54) is 0 Å². The molecule has 0 saturated heterocycles. The maximum absolute atomic E-state index is 6.05. The number of fused-ring (bicyclic) bond motifs is 1. The number of ether oxygens (including phenoxy) is 1. The molecule has 1 aromatic carbocycles. The monoisotopic (exact) mass is 499 g/mol. The Bertz CT molecular complexity index is 921. The van der Waals surface area contributed by atoms with E-state index in [0.717, 1.165) is 29.0 Å². The van der Waals surface area contributed by atoms with Gasteiger partial charge in [0.25, 0.3) is 0 Å². The van der Waals surface area contributed by atoms with Crippen molar-refractivity contribution in [3.05, 3.63) is 41.7 Å². The van der Waals surface area contributed by atoms with Gasteiger partial charge in [-0.25, -0.2) is 4.99 Å². The Morgan fingerprint density at radius 2 is 2.14 bits per heavy atom. The summed E-state index contributed by atoms with van der Waals surface area (Å²) in [6.45, 7) is 9.39. The van der Waals surface area contributed by atoms with Crippen molar-refractivity contribution < 1.29 is 13.7 Å². The molecule has 0 amide bonds. The van der Waals surface area contributed by atoms with Crippen LogP contribution in [0.1, 0.15) is 44.3 Å². The summed E-state index contributed by atoms with van der Waals surface area (Å²) >= 11 is 0. The first kappa shape index (κ1) is 22.0. The van der Waals surface area contributed by atoms with Crippen molar-refractivity contribution in [3.63, 3.8) is 0 Å². The van der Waals surface area contributed by atoms with Crippen LogP contribution in [0, 0.1) is 6.92 Å². The minimum Gasteiger partial charge on any atom is -0.490 e. The number of nitrogens with zero attached hydrogens (tertiary/aromatic N) is 3. The lowest BCUT2D eigenvalue weighted by Gasteiger charge is -2.15. The smallest absolute Gasteiger partial charge is 0.223 e. The summed E-state index contributed by atoms with van der Waals surface area (Å²) in [5.74, 6) is 3.28. The van der Waals surface area contributed by atoms with E-state index in [4.69, 9.17) is 13.7 Å². The summed E-state index contributed by atoms with van der Waals surface area (Å²) in [5, 5.41) is 11.4. The van der Waals surface area contributed by atoms with Crippen LogP contribution in [0.25, 0.3) is 11.0 Å². The van der Waals surface area contributed by atoms with Gasteiger partial charge < -0.3 is 24.3 Å². The maximum Gasteiger partial charge on any atom is 0.223 e. The van der Waals surface area contributed by atoms with E-state index < -0.39 is 0 Å². The molecule has 0 aliphatic heterocycles. The highest BCUT2D eigenvalue weighted by molar-refractivity contribution is 14.0. The summed E-state index contributed by atoms with van der Waals surface area (Å²) in [7, 11) is 0. The van der Waals surface area contributed by atoms with Crippen LogP contribution in [0.3, 0.4) is 0 Å². The Kier molecular flexibility index (Phi) is 8.09. The van der Waals surface area contributed by atoms with Gasteiger partial charge in [-0.15, -0.1) is 24.0 Å². The minimum atomic E-state index is -0.0864. The maximum atomic E-state index is 6.05. The Hall–Kier alpha value is -2.30. The standard InChI is InChI=1S/C19H25N5O3.HI/c1-5-20-19(21-11-17-23-13(4)27-24-17)22-12(3)16-10-14-8-7-9-15(25-6-2)18(14)26-16;/h7-10,12H,5-6,11H2,1-4H3,(H2,20,21,22);1H. The number of guanidine groups is 1. The summed E-state index contributed by atoms with van der Waals surface area (Å²) in [6.07, 6.45) is 0. The Morgan fingerprint density at radius 3 is 2.82 bits per heavy atom. The largest absolute Gasteiger partial charge is 0.490 e. The molecule has 1 unspecified atom stereocenters. The van der Waals surface area contributed by atoms with Crippen molar-refractivity contribution in [2.45, 2.75) is 40.3 Å². The van der Waals surface area contributed by atoms with Crippen molar-refractivity contribution in [2.24, 2.45) is 4.99 Å². The molecule has 3 rings (SSSR count). The fourth-order valence-corrected chi connectivity index (χ4v) is 2.69. The normalized spacial score (nSPS) is 12.5. The third-order valence-corrected chi connectivity index (χ3v) is 3.90. The van der Waals surface area contributed by atoms with E-state index in [-0.39, 0.29) is 30.0 Å². The third kappa shape index (κ3) is 5.37. The van der Waals surface area contributed by atoms with Gasteiger partial charge in [-0.2, -0.15) is 4.98 Å². The molecule has 28 heavy (non-hydrogen) atoms. The lowest BCUT2D eigenvalue weighted by molar-refractivity contribution is 0.336. The third-order valence-electron chi connectivity index (χ3n) is 3.90. The van der Waals surface area contributed by atoms with Crippen LogP contribution >= 0.6 is 24.0 Å². The van der Waals surface area contributed by atoms with Gasteiger partial charge in [0.1, 0.15) is 12.3 Å². The van der Waals surface area contributed by atoms with Crippen molar-refractivity contribution in [1.82, 2.24) is 20.8 Å². The van der Waals surface area contributed by atoms with Crippen LogP contribution in [-0.2, 0) is 6.54 Å². The van der Waals surface area contributed by atoms with E-state index in [9.17, 15) is 0 Å². The minimum absolute atomic E-state index is 0. The zero-order valence-electron chi connectivity index (χ0n) is 16.5.